The van der Waals surface area contributed by atoms with Crippen LogP contribution in [-0.4, -0.2) is 25.5 Å². The average molecular weight is 476 g/mol. The molecule has 2 aliphatic rings. The van der Waals surface area contributed by atoms with Crippen LogP contribution in [0.1, 0.15) is 57.6 Å². The maximum absolute atomic E-state index is 13.5. The van der Waals surface area contributed by atoms with Crippen molar-refractivity contribution in [3.05, 3.63) is 82.2 Å². The first-order valence-corrected chi connectivity index (χ1v) is 12.0. The van der Waals surface area contributed by atoms with Crippen molar-refractivity contribution in [2.24, 2.45) is 5.41 Å². The minimum absolute atomic E-state index is 0.0491. The number of hydrogen-bond acceptors (Lipinski definition) is 6. The van der Waals surface area contributed by atoms with Crippen molar-refractivity contribution in [1.82, 2.24) is 5.32 Å². The molecule has 0 spiro atoms. The summed E-state index contributed by atoms with van der Waals surface area (Å²) in [4.78, 5) is 27.0. The van der Waals surface area contributed by atoms with Crippen molar-refractivity contribution < 1.29 is 23.8 Å². The lowest BCUT2D eigenvalue weighted by atomic mass is 9.68. The number of ketones is 1. The number of Topliss-reactive ketones (excluding diaryl/α,β-unsaturated/α-hetero) is 1. The van der Waals surface area contributed by atoms with E-state index in [9.17, 15) is 9.59 Å². The van der Waals surface area contributed by atoms with Gasteiger partial charge in [0.1, 0.15) is 18.1 Å². The summed E-state index contributed by atoms with van der Waals surface area (Å²) in [5, 5.41) is 3.38. The Labute approximate surface area is 207 Å². The molecule has 2 aromatic rings. The van der Waals surface area contributed by atoms with E-state index in [-0.39, 0.29) is 17.8 Å². The van der Waals surface area contributed by atoms with E-state index >= 15 is 0 Å². The lowest BCUT2D eigenvalue weighted by Gasteiger charge is -2.39. The molecule has 0 radical (unpaired) electrons. The average Bonchev–Trinajstić information content (AvgIpc) is 2.82. The molecule has 2 aromatic carbocycles. The van der Waals surface area contributed by atoms with E-state index in [2.05, 4.69) is 19.2 Å². The molecule has 0 saturated heterocycles. The van der Waals surface area contributed by atoms with E-state index in [1.165, 1.54) is 0 Å². The number of esters is 1. The summed E-state index contributed by atoms with van der Waals surface area (Å²) in [6.45, 7) is 8.58. The normalized spacial score (nSPS) is 19.1. The maximum Gasteiger partial charge on any atom is 0.337 e. The van der Waals surface area contributed by atoms with Gasteiger partial charge in [-0.05, 0) is 49.4 Å². The summed E-state index contributed by atoms with van der Waals surface area (Å²) < 4.78 is 16.9. The van der Waals surface area contributed by atoms with E-state index in [4.69, 9.17) is 14.2 Å². The molecule has 6 heteroatoms. The number of ether oxygens (including phenoxy) is 3. The minimum atomic E-state index is -0.555. The zero-order valence-corrected chi connectivity index (χ0v) is 21.1. The van der Waals surface area contributed by atoms with Crippen molar-refractivity contribution in [3.8, 4) is 11.5 Å². The highest BCUT2D eigenvalue weighted by atomic mass is 16.5. The van der Waals surface area contributed by atoms with Gasteiger partial charge in [0.2, 0.25) is 0 Å². The molecule has 0 fully saturated rings. The van der Waals surface area contributed by atoms with E-state index in [1.54, 1.807) is 7.11 Å². The highest BCUT2D eigenvalue weighted by molar-refractivity contribution is 6.04. The molecule has 0 aromatic heterocycles. The standard InChI is InChI=1S/C29H33NO5/c1-6-34-24-10-8-7-9-21(24)26-25(28(32)35-17-19-11-13-20(33-5)14-12-19)18(2)30-22-15-29(3,4)16-23(31)27(22)26/h7-14,26,30H,6,15-17H2,1-5H3/t26-/m0/s1. The van der Waals surface area contributed by atoms with Gasteiger partial charge < -0.3 is 19.5 Å². The van der Waals surface area contributed by atoms with Gasteiger partial charge in [-0.25, -0.2) is 4.79 Å². The van der Waals surface area contributed by atoms with Gasteiger partial charge in [-0.15, -0.1) is 0 Å². The van der Waals surface area contributed by atoms with E-state index < -0.39 is 11.9 Å². The van der Waals surface area contributed by atoms with Gasteiger partial charge >= 0.3 is 5.97 Å². The zero-order chi connectivity index (χ0) is 25.2. The van der Waals surface area contributed by atoms with Crippen molar-refractivity contribution in [3.63, 3.8) is 0 Å². The monoisotopic (exact) mass is 475 g/mol. The fourth-order valence-corrected chi connectivity index (χ4v) is 4.97. The Bertz CT molecular complexity index is 1190. The first-order chi connectivity index (χ1) is 16.7. The first kappa shape index (κ1) is 24.6. The van der Waals surface area contributed by atoms with Crippen LogP contribution in [-0.2, 0) is 20.9 Å². The number of carbonyl (C=O) groups excluding carboxylic acids is 2. The number of allylic oxidation sites excluding steroid dienone is 3. The lowest BCUT2D eigenvalue weighted by Crippen LogP contribution is -2.38. The third-order valence-electron chi connectivity index (χ3n) is 6.52. The van der Waals surface area contributed by atoms with Gasteiger partial charge in [0.15, 0.2) is 5.78 Å². The minimum Gasteiger partial charge on any atom is -0.497 e. The van der Waals surface area contributed by atoms with Gasteiger partial charge in [0, 0.05) is 29.0 Å². The molecule has 0 saturated carbocycles. The Kier molecular flexibility index (Phi) is 7.01. The van der Waals surface area contributed by atoms with Gasteiger partial charge in [-0.2, -0.15) is 0 Å². The molecular weight excluding hydrogens is 442 g/mol. The molecule has 35 heavy (non-hydrogen) atoms. The molecular formula is C29H33NO5. The third-order valence-corrected chi connectivity index (χ3v) is 6.52. The number of methoxy groups -OCH3 is 1. The highest BCUT2D eigenvalue weighted by Crippen LogP contribution is 2.48. The second kappa shape index (κ2) is 9.98. The quantitative estimate of drug-likeness (QED) is 0.538. The molecule has 0 amide bonds. The fraction of sp³-hybridized carbons (Fsp3) is 0.379. The Morgan fingerprint density at radius 3 is 2.49 bits per heavy atom. The second-order valence-corrected chi connectivity index (χ2v) is 9.82. The van der Waals surface area contributed by atoms with Crippen LogP contribution in [0.3, 0.4) is 0 Å². The van der Waals surface area contributed by atoms with Crippen molar-refractivity contribution in [2.75, 3.05) is 13.7 Å². The summed E-state index contributed by atoms with van der Waals surface area (Å²) in [5.41, 5.74) is 4.16. The van der Waals surface area contributed by atoms with Crippen LogP contribution in [0.4, 0.5) is 0 Å². The van der Waals surface area contributed by atoms with Crippen LogP contribution in [0, 0.1) is 5.41 Å². The molecule has 1 aliphatic heterocycles. The van der Waals surface area contributed by atoms with Crippen molar-refractivity contribution in [1.29, 1.82) is 0 Å². The van der Waals surface area contributed by atoms with Gasteiger partial charge in [0.25, 0.3) is 0 Å². The topological polar surface area (TPSA) is 73.9 Å². The van der Waals surface area contributed by atoms with E-state index in [0.29, 0.717) is 35.6 Å². The number of carbonyl (C=O) groups is 2. The van der Waals surface area contributed by atoms with Crippen LogP contribution in [0.15, 0.2) is 71.1 Å². The summed E-state index contributed by atoms with van der Waals surface area (Å²) in [5.74, 6) is 0.445. The summed E-state index contributed by atoms with van der Waals surface area (Å²) in [7, 11) is 1.61. The van der Waals surface area contributed by atoms with Crippen LogP contribution < -0.4 is 14.8 Å². The molecule has 1 heterocycles. The van der Waals surface area contributed by atoms with Crippen LogP contribution >= 0.6 is 0 Å². The number of nitrogens with one attached hydrogen (secondary N) is 1. The second-order valence-electron chi connectivity index (χ2n) is 9.82. The lowest BCUT2D eigenvalue weighted by molar-refractivity contribution is -0.140. The third kappa shape index (κ3) is 5.11. The summed E-state index contributed by atoms with van der Waals surface area (Å²) in [6, 6.07) is 15.0. The SMILES string of the molecule is CCOc1ccccc1[C@H]1C(C(=O)OCc2ccc(OC)cc2)=C(C)NC2=C1C(=O)CC(C)(C)C2. The summed E-state index contributed by atoms with van der Waals surface area (Å²) in [6.07, 6.45) is 1.15. The number of benzene rings is 2. The van der Waals surface area contributed by atoms with Crippen molar-refractivity contribution in [2.45, 2.75) is 53.1 Å². The van der Waals surface area contributed by atoms with Crippen LogP contribution in [0.25, 0.3) is 0 Å². The Balaban J connectivity index is 1.73. The smallest absolute Gasteiger partial charge is 0.337 e. The Hall–Kier alpha value is -3.54. The zero-order valence-electron chi connectivity index (χ0n) is 21.1. The maximum atomic E-state index is 13.5. The molecule has 0 unspecified atom stereocenters. The molecule has 1 aliphatic carbocycles. The molecule has 1 atom stereocenters. The predicted octanol–water partition coefficient (Wildman–Crippen LogP) is 5.44. The molecule has 184 valence electrons. The predicted molar refractivity (Wildman–Crippen MR) is 134 cm³/mol. The molecule has 1 N–H and O–H groups in total. The van der Waals surface area contributed by atoms with Gasteiger partial charge in [-0.1, -0.05) is 44.2 Å². The molecule has 6 nitrogen and oxygen atoms in total. The van der Waals surface area contributed by atoms with Crippen LogP contribution in [0.2, 0.25) is 0 Å². The number of dihydropyridines is 1. The van der Waals surface area contributed by atoms with Gasteiger partial charge in [0.05, 0.1) is 25.2 Å². The molecule has 4 rings (SSSR count). The number of para-hydroxylation sites is 1. The first-order valence-electron chi connectivity index (χ1n) is 12.0. The van der Waals surface area contributed by atoms with Gasteiger partial charge in [-0.3, -0.25) is 4.79 Å². The fourth-order valence-electron chi connectivity index (χ4n) is 4.97. The number of hydrogen-bond donors (Lipinski definition) is 1. The Morgan fingerprint density at radius 1 is 1.09 bits per heavy atom. The van der Waals surface area contributed by atoms with Crippen LogP contribution in [0.5, 0.6) is 11.5 Å². The summed E-state index contributed by atoms with van der Waals surface area (Å²) >= 11 is 0. The van der Waals surface area contributed by atoms with E-state index in [0.717, 1.165) is 29.0 Å². The highest BCUT2D eigenvalue weighted by Gasteiger charge is 2.44. The van der Waals surface area contributed by atoms with E-state index in [1.807, 2.05) is 62.4 Å². The Morgan fingerprint density at radius 2 is 1.80 bits per heavy atom. The largest absolute Gasteiger partial charge is 0.497 e. The number of rotatable bonds is 7. The van der Waals surface area contributed by atoms with Crippen molar-refractivity contribution >= 4 is 11.8 Å². The molecule has 0 bridgehead atoms.